The van der Waals surface area contributed by atoms with Crippen molar-refractivity contribution in [3.63, 3.8) is 0 Å². The van der Waals surface area contributed by atoms with Crippen molar-refractivity contribution in [1.29, 1.82) is 0 Å². The van der Waals surface area contributed by atoms with Crippen LogP contribution >= 0.6 is 0 Å². The SMILES string of the molecule is Cc1cnn(-c2ccc(-c3ccc(O[C@@H]4CC5CCC([C@@H]4F)N5C)nn3)c(O)c2)n1. The Balaban J connectivity index is 1.32. The van der Waals surface area contributed by atoms with E-state index in [1.54, 1.807) is 36.5 Å². The fourth-order valence-corrected chi connectivity index (χ4v) is 4.47. The molecule has 8 nitrogen and oxygen atoms in total. The first-order valence-electron chi connectivity index (χ1n) is 10.1. The summed E-state index contributed by atoms with van der Waals surface area (Å²) in [6, 6.07) is 8.77. The van der Waals surface area contributed by atoms with Crippen LogP contribution in [0.4, 0.5) is 4.39 Å². The fraction of sp³-hybridized carbons (Fsp3) is 0.429. The van der Waals surface area contributed by atoms with Crippen LogP contribution in [-0.2, 0) is 0 Å². The number of alkyl halides is 1. The summed E-state index contributed by atoms with van der Waals surface area (Å²) >= 11 is 0. The van der Waals surface area contributed by atoms with Crippen molar-refractivity contribution in [2.75, 3.05) is 7.05 Å². The molecule has 156 valence electrons. The number of rotatable bonds is 4. The van der Waals surface area contributed by atoms with Gasteiger partial charge in [-0.05, 0) is 45.0 Å². The van der Waals surface area contributed by atoms with Crippen molar-refractivity contribution in [2.45, 2.75) is 50.5 Å². The van der Waals surface area contributed by atoms with Crippen LogP contribution < -0.4 is 4.74 Å². The summed E-state index contributed by atoms with van der Waals surface area (Å²) in [5, 5.41) is 27.1. The highest BCUT2D eigenvalue weighted by molar-refractivity contribution is 5.68. The van der Waals surface area contributed by atoms with Crippen molar-refractivity contribution in [3.8, 4) is 28.6 Å². The van der Waals surface area contributed by atoms with Crippen LogP contribution in [0.5, 0.6) is 11.6 Å². The molecule has 0 amide bonds. The zero-order valence-corrected chi connectivity index (χ0v) is 16.8. The molecular weight excluding hydrogens is 387 g/mol. The summed E-state index contributed by atoms with van der Waals surface area (Å²) in [7, 11) is 1.99. The lowest BCUT2D eigenvalue weighted by atomic mass is 9.98. The molecule has 2 aliphatic heterocycles. The fourth-order valence-electron chi connectivity index (χ4n) is 4.47. The summed E-state index contributed by atoms with van der Waals surface area (Å²) in [6.07, 6.45) is 2.64. The Morgan fingerprint density at radius 2 is 2.03 bits per heavy atom. The summed E-state index contributed by atoms with van der Waals surface area (Å²) in [6.45, 7) is 1.85. The van der Waals surface area contributed by atoms with Crippen molar-refractivity contribution >= 4 is 0 Å². The molecule has 1 aromatic carbocycles. The molecule has 0 radical (unpaired) electrons. The lowest BCUT2D eigenvalue weighted by molar-refractivity contribution is -0.0134. The van der Waals surface area contributed by atoms with Gasteiger partial charge in [0.25, 0.3) is 0 Å². The number of ether oxygens (including phenoxy) is 1. The second-order valence-corrected chi connectivity index (χ2v) is 8.03. The van der Waals surface area contributed by atoms with Crippen LogP contribution in [0.15, 0.2) is 36.5 Å². The quantitative estimate of drug-likeness (QED) is 0.707. The van der Waals surface area contributed by atoms with E-state index in [1.807, 2.05) is 14.0 Å². The van der Waals surface area contributed by atoms with Gasteiger partial charge in [0.1, 0.15) is 11.9 Å². The molecule has 5 rings (SSSR count). The van der Waals surface area contributed by atoms with E-state index >= 15 is 0 Å². The predicted molar refractivity (Wildman–Crippen MR) is 107 cm³/mol. The average Bonchev–Trinajstić information content (AvgIpc) is 3.28. The molecule has 2 bridgehead atoms. The molecule has 3 aromatic rings. The highest BCUT2D eigenvalue weighted by Gasteiger charge is 2.47. The van der Waals surface area contributed by atoms with E-state index in [-0.39, 0.29) is 11.8 Å². The van der Waals surface area contributed by atoms with E-state index in [0.717, 1.165) is 18.5 Å². The van der Waals surface area contributed by atoms with Gasteiger partial charge in [0, 0.05) is 36.2 Å². The first kappa shape index (κ1) is 18.9. The zero-order valence-electron chi connectivity index (χ0n) is 16.8. The highest BCUT2D eigenvalue weighted by atomic mass is 19.1. The van der Waals surface area contributed by atoms with E-state index in [4.69, 9.17) is 4.74 Å². The third-order valence-electron chi connectivity index (χ3n) is 6.13. The number of benzene rings is 1. The number of aryl methyl sites for hydroxylation is 1. The van der Waals surface area contributed by atoms with Gasteiger partial charge in [-0.15, -0.1) is 10.2 Å². The molecule has 30 heavy (non-hydrogen) atoms. The number of aromatic nitrogens is 5. The minimum Gasteiger partial charge on any atom is -0.507 e. The Kier molecular flexibility index (Phi) is 4.62. The summed E-state index contributed by atoms with van der Waals surface area (Å²) in [5.41, 5.74) is 2.45. The lowest BCUT2D eigenvalue weighted by Crippen LogP contribution is -2.52. The van der Waals surface area contributed by atoms with E-state index in [0.29, 0.717) is 35.3 Å². The van der Waals surface area contributed by atoms with Gasteiger partial charge in [0.05, 0.1) is 23.3 Å². The van der Waals surface area contributed by atoms with Crippen LogP contribution in [0.1, 0.15) is 25.0 Å². The van der Waals surface area contributed by atoms with Crippen LogP contribution in [0.25, 0.3) is 16.9 Å². The molecule has 0 saturated carbocycles. The molecule has 9 heteroatoms. The molecule has 2 saturated heterocycles. The van der Waals surface area contributed by atoms with Crippen LogP contribution in [0, 0.1) is 6.92 Å². The second-order valence-electron chi connectivity index (χ2n) is 8.03. The number of piperidine rings is 1. The molecular formula is C21H23FN6O2. The van der Waals surface area contributed by atoms with Crippen LogP contribution in [-0.4, -0.2) is 66.6 Å². The third-order valence-corrected chi connectivity index (χ3v) is 6.13. The number of nitrogens with zero attached hydrogens (tertiary/aromatic N) is 6. The number of phenolic OH excluding ortho intramolecular Hbond substituents is 1. The number of aromatic hydroxyl groups is 1. The Morgan fingerprint density at radius 3 is 2.73 bits per heavy atom. The van der Waals surface area contributed by atoms with Crippen molar-refractivity contribution in [1.82, 2.24) is 30.1 Å². The number of halogens is 1. The van der Waals surface area contributed by atoms with E-state index in [9.17, 15) is 9.50 Å². The van der Waals surface area contributed by atoms with E-state index in [1.165, 1.54) is 4.80 Å². The third kappa shape index (κ3) is 3.28. The van der Waals surface area contributed by atoms with Gasteiger partial charge in [-0.3, -0.25) is 4.90 Å². The number of hydrogen-bond acceptors (Lipinski definition) is 7. The van der Waals surface area contributed by atoms with Crippen molar-refractivity contribution < 1.29 is 14.2 Å². The molecule has 1 N–H and O–H groups in total. The van der Waals surface area contributed by atoms with Gasteiger partial charge >= 0.3 is 0 Å². The molecule has 2 aliphatic rings. The van der Waals surface area contributed by atoms with Gasteiger partial charge < -0.3 is 9.84 Å². The van der Waals surface area contributed by atoms with Gasteiger partial charge in [0.2, 0.25) is 5.88 Å². The largest absolute Gasteiger partial charge is 0.507 e. The molecule has 0 aliphatic carbocycles. The Labute approximate surface area is 173 Å². The number of fused-ring (bicyclic) bond motifs is 2. The second kappa shape index (κ2) is 7.32. The van der Waals surface area contributed by atoms with Crippen LogP contribution in [0.2, 0.25) is 0 Å². The maximum absolute atomic E-state index is 14.8. The first-order valence-corrected chi connectivity index (χ1v) is 10.1. The summed E-state index contributed by atoms with van der Waals surface area (Å²) < 4.78 is 20.6. The smallest absolute Gasteiger partial charge is 0.233 e. The molecule has 2 fully saturated rings. The zero-order chi connectivity index (χ0) is 20.8. The van der Waals surface area contributed by atoms with Gasteiger partial charge in [0.15, 0.2) is 6.17 Å². The van der Waals surface area contributed by atoms with Crippen molar-refractivity contribution in [3.05, 3.63) is 42.2 Å². The first-order chi connectivity index (χ1) is 14.5. The molecule has 4 atom stereocenters. The average molecular weight is 410 g/mol. The Morgan fingerprint density at radius 1 is 1.17 bits per heavy atom. The molecule has 2 unspecified atom stereocenters. The lowest BCUT2D eigenvalue weighted by Gasteiger charge is -2.38. The predicted octanol–water partition coefficient (Wildman–Crippen LogP) is 2.69. The Bertz CT molecular complexity index is 1060. The maximum Gasteiger partial charge on any atom is 0.233 e. The van der Waals surface area contributed by atoms with Gasteiger partial charge in [-0.2, -0.15) is 15.0 Å². The monoisotopic (exact) mass is 410 g/mol. The minimum absolute atomic E-state index is 0.0427. The molecule has 4 heterocycles. The van der Waals surface area contributed by atoms with Gasteiger partial charge in [-0.25, -0.2) is 4.39 Å². The molecule has 0 spiro atoms. The topological polar surface area (TPSA) is 89.2 Å². The van der Waals surface area contributed by atoms with Crippen molar-refractivity contribution in [2.24, 2.45) is 0 Å². The normalized spacial score (nSPS) is 26.1. The Hall–Kier alpha value is -3.07. The van der Waals surface area contributed by atoms with Crippen LogP contribution in [0.3, 0.4) is 0 Å². The highest BCUT2D eigenvalue weighted by Crippen LogP contribution is 2.37. The number of hydrogen-bond donors (Lipinski definition) is 1. The summed E-state index contributed by atoms with van der Waals surface area (Å²) in [5.74, 6) is 0.337. The van der Waals surface area contributed by atoms with Gasteiger partial charge in [-0.1, -0.05) is 0 Å². The summed E-state index contributed by atoms with van der Waals surface area (Å²) in [4.78, 5) is 3.58. The molecule has 2 aromatic heterocycles. The van der Waals surface area contributed by atoms with E-state index < -0.39 is 12.3 Å². The number of phenols is 1. The standard InChI is InChI=1S/C21H23FN6O2/c1-12-11-23-28(26-12)14-3-5-15(18(29)9-14)16-6-8-20(25-24-16)30-19-10-13-4-7-17(21(19)22)27(13)2/h3,5-6,8-9,11,13,17,19,21,29H,4,7,10H2,1-2H3/t13?,17?,19-,21+/m1/s1. The minimum atomic E-state index is -1.04. The maximum atomic E-state index is 14.8. The van der Waals surface area contributed by atoms with E-state index in [2.05, 4.69) is 25.3 Å².